The predicted molar refractivity (Wildman–Crippen MR) is 53.2 cm³/mol. The first kappa shape index (κ1) is 9.65. The van der Waals surface area contributed by atoms with Gasteiger partial charge in [-0.15, -0.1) is 6.42 Å². The van der Waals surface area contributed by atoms with Crippen LogP contribution in [0.4, 0.5) is 5.69 Å². The lowest BCUT2D eigenvalue weighted by atomic mass is 10.1. The van der Waals surface area contributed by atoms with Gasteiger partial charge in [0.25, 0.3) is 0 Å². The number of anilines is 1. The first-order valence-electron chi connectivity index (χ1n) is 3.94. The molecule has 0 aliphatic carbocycles. The Hall–Kier alpha value is -2.44. The van der Waals surface area contributed by atoms with Crippen molar-refractivity contribution in [1.29, 1.82) is 10.5 Å². The third-order valence-corrected chi connectivity index (χ3v) is 1.67. The standard InChI is InChI=1S/C11H7N3/c1-2-6-14-11-9(7-12)4-3-5-10(11)8-13/h1,3-5,14H,6H2. The van der Waals surface area contributed by atoms with Gasteiger partial charge in [-0.1, -0.05) is 12.0 Å². The Labute approximate surface area is 82.6 Å². The van der Waals surface area contributed by atoms with E-state index in [1.165, 1.54) is 0 Å². The van der Waals surface area contributed by atoms with Gasteiger partial charge in [-0.2, -0.15) is 10.5 Å². The van der Waals surface area contributed by atoms with Crippen molar-refractivity contribution in [2.24, 2.45) is 0 Å². The van der Waals surface area contributed by atoms with Crippen molar-refractivity contribution >= 4 is 5.69 Å². The minimum absolute atomic E-state index is 0.299. The van der Waals surface area contributed by atoms with Crippen LogP contribution in [0.3, 0.4) is 0 Å². The molecule has 0 saturated carbocycles. The Bertz CT molecular complexity index is 423. The van der Waals surface area contributed by atoms with Crippen molar-refractivity contribution in [1.82, 2.24) is 0 Å². The van der Waals surface area contributed by atoms with E-state index in [1.807, 2.05) is 12.1 Å². The van der Waals surface area contributed by atoms with Crippen molar-refractivity contribution in [2.45, 2.75) is 0 Å². The quantitative estimate of drug-likeness (QED) is 0.703. The summed E-state index contributed by atoms with van der Waals surface area (Å²) in [7, 11) is 0. The van der Waals surface area contributed by atoms with E-state index in [4.69, 9.17) is 16.9 Å². The lowest BCUT2D eigenvalue weighted by Gasteiger charge is -2.06. The SMILES string of the molecule is C#CCNc1c(C#N)cccc1C#N. The highest BCUT2D eigenvalue weighted by Crippen LogP contribution is 2.19. The number of rotatable bonds is 2. The molecule has 0 aliphatic heterocycles. The zero-order valence-corrected chi connectivity index (χ0v) is 7.41. The van der Waals surface area contributed by atoms with Crippen LogP contribution in [0, 0.1) is 35.0 Å². The number of benzene rings is 1. The van der Waals surface area contributed by atoms with Crippen LogP contribution in [0.25, 0.3) is 0 Å². The van der Waals surface area contributed by atoms with Crippen molar-refractivity contribution in [2.75, 3.05) is 11.9 Å². The second kappa shape index (κ2) is 4.55. The van der Waals surface area contributed by atoms with E-state index in [0.29, 0.717) is 23.4 Å². The Kier molecular flexibility index (Phi) is 3.14. The Morgan fingerprint density at radius 2 is 1.79 bits per heavy atom. The molecule has 0 unspecified atom stereocenters. The molecular formula is C11H7N3. The van der Waals surface area contributed by atoms with Gasteiger partial charge in [0.05, 0.1) is 23.4 Å². The summed E-state index contributed by atoms with van der Waals surface area (Å²) < 4.78 is 0. The molecule has 0 atom stereocenters. The molecule has 3 nitrogen and oxygen atoms in total. The third-order valence-electron chi connectivity index (χ3n) is 1.67. The highest BCUT2D eigenvalue weighted by Gasteiger charge is 2.05. The summed E-state index contributed by atoms with van der Waals surface area (Å²) >= 11 is 0. The van der Waals surface area contributed by atoms with E-state index >= 15 is 0 Å². The molecule has 0 bridgehead atoms. The van der Waals surface area contributed by atoms with Gasteiger partial charge in [-0.25, -0.2) is 0 Å². The number of nitriles is 2. The number of nitrogens with one attached hydrogen (secondary N) is 1. The van der Waals surface area contributed by atoms with Gasteiger partial charge in [0.2, 0.25) is 0 Å². The molecule has 0 fully saturated rings. The van der Waals surface area contributed by atoms with Gasteiger partial charge in [-0.3, -0.25) is 0 Å². The molecule has 1 aromatic carbocycles. The molecule has 1 rings (SSSR count). The topological polar surface area (TPSA) is 59.6 Å². The first-order chi connectivity index (χ1) is 6.83. The van der Waals surface area contributed by atoms with Crippen LogP contribution in [-0.4, -0.2) is 6.54 Å². The van der Waals surface area contributed by atoms with Crippen LogP contribution in [0.1, 0.15) is 11.1 Å². The van der Waals surface area contributed by atoms with Gasteiger partial charge in [0, 0.05) is 0 Å². The summed E-state index contributed by atoms with van der Waals surface area (Å²) in [6.07, 6.45) is 5.08. The summed E-state index contributed by atoms with van der Waals surface area (Å²) in [6.45, 7) is 0.299. The van der Waals surface area contributed by atoms with Crippen molar-refractivity contribution in [3.63, 3.8) is 0 Å². The van der Waals surface area contributed by atoms with E-state index in [0.717, 1.165) is 0 Å². The average molecular weight is 181 g/mol. The summed E-state index contributed by atoms with van der Waals surface area (Å²) in [5.41, 5.74) is 1.37. The molecule has 0 radical (unpaired) electrons. The maximum absolute atomic E-state index is 8.79. The van der Waals surface area contributed by atoms with Crippen LogP contribution < -0.4 is 5.32 Å². The lowest BCUT2D eigenvalue weighted by molar-refractivity contribution is 1.34. The smallest absolute Gasteiger partial charge is 0.101 e. The lowest BCUT2D eigenvalue weighted by Crippen LogP contribution is -2.02. The first-order valence-corrected chi connectivity index (χ1v) is 3.94. The molecule has 0 heterocycles. The van der Waals surface area contributed by atoms with Crippen LogP contribution in [-0.2, 0) is 0 Å². The van der Waals surface area contributed by atoms with E-state index in [-0.39, 0.29) is 0 Å². The van der Waals surface area contributed by atoms with Gasteiger partial charge < -0.3 is 5.32 Å². The largest absolute Gasteiger partial charge is 0.372 e. The summed E-state index contributed by atoms with van der Waals surface area (Å²) in [4.78, 5) is 0. The zero-order valence-electron chi connectivity index (χ0n) is 7.41. The molecule has 14 heavy (non-hydrogen) atoms. The Morgan fingerprint density at radius 3 is 2.21 bits per heavy atom. The number of terminal acetylenes is 1. The van der Waals surface area contributed by atoms with Crippen LogP contribution in [0.2, 0.25) is 0 Å². The fraction of sp³-hybridized carbons (Fsp3) is 0.0909. The summed E-state index contributed by atoms with van der Waals surface area (Å²) in [6, 6.07) is 8.94. The molecular weight excluding hydrogens is 174 g/mol. The van der Waals surface area contributed by atoms with Crippen LogP contribution >= 0.6 is 0 Å². The normalized spacial score (nSPS) is 8.07. The fourth-order valence-corrected chi connectivity index (χ4v) is 1.07. The second-order valence-electron chi connectivity index (χ2n) is 2.51. The minimum Gasteiger partial charge on any atom is -0.372 e. The number of nitrogens with zero attached hydrogens (tertiary/aromatic N) is 2. The van der Waals surface area contributed by atoms with E-state index in [9.17, 15) is 0 Å². The Balaban J connectivity index is 3.17. The predicted octanol–water partition coefficient (Wildman–Crippen LogP) is 1.48. The third kappa shape index (κ3) is 1.83. The minimum atomic E-state index is 0.299. The summed E-state index contributed by atoms with van der Waals surface area (Å²) in [5, 5.41) is 20.4. The van der Waals surface area contributed by atoms with Crippen molar-refractivity contribution in [3.05, 3.63) is 29.3 Å². The van der Waals surface area contributed by atoms with Gasteiger partial charge in [0.15, 0.2) is 0 Å². The van der Waals surface area contributed by atoms with Crippen molar-refractivity contribution in [3.8, 4) is 24.5 Å². The number of hydrogen-bond acceptors (Lipinski definition) is 3. The molecule has 0 aliphatic rings. The van der Waals surface area contributed by atoms with Crippen LogP contribution in [0.15, 0.2) is 18.2 Å². The molecule has 0 spiro atoms. The van der Waals surface area contributed by atoms with E-state index in [1.54, 1.807) is 18.2 Å². The molecule has 3 heteroatoms. The number of hydrogen-bond donors (Lipinski definition) is 1. The maximum Gasteiger partial charge on any atom is 0.101 e. The summed E-state index contributed by atoms with van der Waals surface area (Å²) in [5.74, 6) is 2.39. The Morgan fingerprint density at radius 1 is 1.21 bits per heavy atom. The molecule has 0 amide bonds. The van der Waals surface area contributed by atoms with Crippen molar-refractivity contribution < 1.29 is 0 Å². The highest BCUT2D eigenvalue weighted by atomic mass is 14.9. The van der Waals surface area contributed by atoms with Gasteiger partial charge >= 0.3 is 0 Å². The molecule has 1 aromatic rings. The van der Waals surface area contributed by atoms with Gasteiger partial charge in [0.1, 0.15) is 12.1 Å². The molecule has 66 valence electrons. The number of para-hydroxylation sites is 1. The molecule has 0 saturated heterocycles. The monoisotopic (exact) mass is 181 g/mol. The fourth-order valence-electron chi connectivity index (χ4n) is 1.07. The van der Waals surface area contributed by atoms with Crippen LogP contribution in [0.5, 0.6) is 0 Å². The molecule has 0 aromatic heterocycles. The van der Waals surface area contributed by atoms with Gasteiger partial charge in [-0.05, 0) is 12.1 Å². The zero-order chi connectivity index (χ0) is 10.4. The average Bonchev–Trinajstić information content (AvgIpc) is 2.25. The second-order valence-corrected chi connectivity index (χ2v) is 2.51. The highest BCUT2D eigenvalue weighted by molar-refractivity contribution is 5.66. The maximum atomic E-state index is 8.79. The van der Waals surface area contributed by atoms with E-state index < -0.39 is 0 Å². The molecule has 1 N–H and O–H groups in total. The van der Waals surface area contributed by atoms with E-state index in [2.05, 4.69) is 11.2 Å².